The minimum atomic E-state index is -4.69. The molecule has 0 fully saturated rings. The van der Waals surface area contributed by atoms with Gasteiger partial charge in [0, 0.05) is 12.3 Å². The molecule has 1 heterocycles. The predicted octanol–water partition coefficient (Wildman–Crippen LogP) is 3.53. The lowest BCUT2D eigenvalue weighted by atomic mass is 10.3. The summed E-state index contributed by atoms with van der Waals surface area (Å²) in [6.07, 6.45) is -1.57. The van der Waals surface area contributed by atoms with Gasteiger partial charge in [0.1, 0.15) is 16.7 Å². The minimum absolute atomic E-state index is 0.264. The molecule has 0 N–H and O–H groups in total. The Morgan fingerprint density at radius 3 is 2.65 bits per heavy atom. The molecule has 0 aliphatic rings. The third-order valence-corrected chi connectivity index (χ3v) is 2.31. The topological polar surface area (TPSA) is 27.1 Å². The summed E-state index contributed by atoms with van der Waals surface area (Å²) < 4.78 is 42.1. The van der Waals surface area contributed by atoms with Crippen LogP contribution in [0.1, 0.15) is 0 Å². The highest BCUT2D eigenvalue weighted by Gasteiger charge is 2.31. The summed E-state index contributed by atoms with van der Waals surface area (Å²) in [5.74, 6) is -0.264. The molecule has 1 aromatic carbocycles. The Morgan fingerprint density at radius 2 is 2.06 bits per heavy atom. The number of aromatic nitrogens is 2. The van der Waals surface area contributed by atoms with E-state index in [0.717, 1.165) is 0 Å². The first kappa shape index (κ1) is 12.0. The van der Waals surface area contributed by atoms with Crippen LogP contribution in [-0.2, 0) is 0 Å². The highest BCUT2D eigenvalue weighted by Crippen LogP contribution is 2.24. The smallest absolute Gasteiger partial charge is 0.406 e. The first-order valence-corrected chi connectivity index (χ1v) is 5.29. The van der Waals surface area contributed by atoms with Gasteiger partial charge in [-0.3, -0.25) is 0 Å². The van der Waals surface area contributed by atoms with E-state index in [1.165, 1.54) is 24.5 Å². The molecule has 0 saturated carbocycles. The van der Waals surface area contributed by atoms with Crippen molar-refractivity contribution in [3.63, 3.8) is 0 Å². The van der Waals surface area contributed by atoms with Gasteiger partial charge in [-0.2, -0.15) is 0 Å². The maximum Gasteiger partial charge on any atom is 0.573 e. The largest absolute Gasteiger partial charge is 0.573 e. The Balaban J connectivity index is 2.29. The maximum absolute atomic E-state index is 12.0. The van der Waals surface area contributed by atoms with Gasteiger partial charge in [-0.1, -0.05) is 6.07 Å². The molecule has 0 spiro atoms. The van der Waals surface area contributed by atoms with Crippen molar-refractivity contribution in [2.75, 3.05) is 0 Å². The molecule has 90 valence electrons. The summed E-state index contributed by atoms with van der Waals surface area (Å²) in [6.45, 7) is 0. The van der Waals surface area contributed by atoms with Gasteiger partial charge in [-0.05, 0) is 28.1 Å². The lowest BCUT2D eigenvalue weighted by Crippen LogP contribution is -2.17. The third kappa shape index (κ3) is 3.23. The lowest BCUT2D eigenvalue weighted by Gasteiger charge is -2.10. The van der Waals surface area contributed by atoms with Gasteiger partial charge in [-0.25, -0.2) is 4.98 Å². The van der Waals surface area contributed by atoms with Crippen molar-refractivity contribution in [1.29, 1.82) is 0 Å². The molecule has 0 bridgehead atoms. The van der Waals surface area contributed by atoms with Crippen molar-refractivity contribution in [3.05, 3.63) is 41.4 Å². The van der Waals surface area contributed by atoms with Crippen LogP contribution in [0, 0.1) is 0 Å². The molecule has 2 rings (SSSR count). The highest BCUT2D eigenvalue weighted by atomic mass is 79.9. The first-order valence-electron chi connectivity index (χ1n) is 4.50. The number of benzene rings is 1. The second-order valence-electron chi connectivity index (χ2n) is 3.15. The van der Waals surface area contributed by atoms with E-state index in [9.17, 15) is 13.2 Å². The second-order valence-corrected chi connectivity index (χ2v) is 3.96. The summed E-state index contributed by atoms with van der Waals surface area (Å²) in [4.78, 5) is 3.91. The quantitative estimate of drug-likeness (QED) is 0.848. The predicted molar refractivity (Wildman–Crippen MR) is 57.9 cm³/mol. The van der Waals surface area contributed by atoms with Crippen molar-refractivity contribution in [2.24, 2.45) is 0 Å². The van der Waals surface area contributed by atoms with Gasteiger partial charge in [-0.15, -0.1) is 13.2 Å². The zero-order chi connectivity index (χ0) is 12.5. The summed E-state index contributed by atoms with van der Waals surface area (Å²) in [5, 5.41) is 0. The number of halogens is 4. The van der Waals surface area contributed by atoms with E-state index in [4.69, 9.17) is 0 Å². The molecule has 0 aliphatic carbocycles. The molecular formula is C10H6BrF3N2O. The second kappa shape index (κ2) is 4.40. The van der Waals surface area contributed by atoms with E-state index in [2.05, 4.69) is 25.7 Å². The molecule has 0 radical (unpaired) electrons. The van der Waals surface area contributed by atoms with Crippen molar-refractivity contribution < 1.29 is 17.9 Å². The van der Waals surface area contributed by atoms with Crippen LogP contribution in [-0.4, -0.2) is 15.9 Å². The van der Waals surface area contributed by atoms with E-state index < -0.39 is 6.36 Å². The van der Waals surface area contributed by atoms with Crippen molar-refractivity contribution in [2.45, 2.75) is 6.36 Å². The fourth-order valence-electron chi connectivity index (χ4n) is 1.28. The molecule has 2 aromatic rings. The normalized spacial score (nSPS) is 11.5. The van der Waals surface area contributed by atoms with Crippen LogP contribution >= 0.6 is 15.9 Å². The maximum atomic E-state index is 12.0. The Bertz CT molecular complexity index is 524. The molecule has 17 heavy (non-hydrogen) atoms. The third-order valence-electron chi connectivity index (χ3n) is 1.90. The fraction of sp³-hybridized carbons (Fsp3) is 0.100. The average molecular weight is 307 g/mol. The first-order chi connectivity index (χ1) is 7.94. The van der Waals surface area contributed by atoms with E-state index >= 15 is 0 Å². The Hall–Kier alpha value is -1.50. The van der Waals surface area contributed by atoms with E-state index in [-0.39, 0.29) is 5.75 Å². The molecule has 0 saturated heterocycles. The molecular weight excluding hydrogens is 301 g/mol. The van der Waals surface area contributed by atoms with Crippen LogP contribution in [0.5, 0.6) is 5.75 Å². The van der Waals surface area contributed by atoms with Gasteiger partial charge >= 0.3 is 6.36 Å². The van der Waals surface area contributed by atoms with Crippen molar-refractivity contribution in [1.82, 2.24) is 9.55 Å². The number of hydrogen-bond acceptors (Lipinski definition) is 2. The molecule has 0 aliphatic heterocycles. The summed E-state index contributed by atoms with van der Waals surface area (Å²) in [6, 6.07) is 5.65. The minimum Gasteiger partial charge on any atom is -0.406 e. The van der Waals surface area contributed by atoms with Crippen molar-refractivity contribution >= 4 is 15.9 Å². The van der Waals surface area contributed by atoms with Crippen LogP contribution in [0.15, 0.2) is 41.4 Å². The number of ether oxygens (including phenoxy) is 1. The highest BCUT2D eigenvalue weighted by molar-refractivity contribution is 9.10. The Morgan fingerprint density at radius 1 is 1.29 bits per heavy atom. The van der Waals surface area contributed by atoms with Gasteiger partial charge in [0.25, 0.3) is 0 Å². The fourth-order valence-corrected chi connectivity index (χ4v) is 1.59. The Labute approximate surface area is 103 Å². The number of imidazole rings is 1. The molecule has 1 aromatic heterocycles. The number of rotatable bonds is 2. The summed E-state index contributed by atoms with van der Waals surface area (Å²) in [7, 11) is 0. The molecule has 3 nitrogen and oxygen atoms in total. The molecule has 7 heteroatoms. The van der Waals surface area contributed by atoms with E-state index in [1.807, 2.05) is 0 Å². The number of hydrogen-bond donors (Lipinski definition) is 0. The standard InChI is InChI=1S/C10H6BrF3N2O/c11-9-5-16(6-15-9)7-2-1-3-8(4-7)17-10(12,13)14/h1-6H. The van der Waals surface area contributed by atoms with Crippen LogP contribution < -0.4 is 4.74 Å². The van der Waals surface area contributed by atoms with E-state index in [0.29, 0.717) is 10.3 Å². The van der Waals surface area contributed by atoms with Crippen molar-refractivity contribution in [3.8, 4) is 11.4 Å². The summed E-state index contributed by atoms with van der Waals surface area (Å²) in [5.41, 5.74) is 0.532. The number of nitrogens with zero attached hydrogens (tertiary/aromatic N) is 2. The molecule has 0 amide bonds. The van der Waals surface area contributed by atoms with Crippen LogP contribution in [0.2, 0.25) is 0 Å². The van der Waals surface area contributed by atoms with Crippen LogP contribution in [0.3, 0.4) is 0 Å². The Kier molecular flexibility index (Phi) is 3.10. The SMILES string of the molecule is FC(F)(F)Oc1cccc(-n2cnc(Br)c2)c1. The zero-order valence-electron chi connectivity index (χ0n) is 8.28. The van der Waals surface area contributed by atoms with Crippen LogP contribution in [0.4, 0.5) is 13.2 Å². The van der Waals surface area contributed by atoms with E-state index in [1.54, 1.807) is 16.8 Å². The molecule has 0 unspecified atom stereocenters. The summed E-state index contributed by atoms with van der Waals surface area (Å²) >= 11 is 3.15. The van der Waals surface area contributed by atoms with Gasteiger partial charge < -0.3 is 9.30 Å². The number of alkyl halides is 3. The molecule has 0 atom stereocenters. The van der Waals surface area contributed by atoms with Crippen LogP contribution in [0.25, 0.3) is 5.69 Å². The van der Waals surface area contributed by atoms with Gasteiger partial charge in [0.2, 0.25) is 0 Å². The monoisotopic (exact) mass is 306 g/mol. The lowest BCUT2D eigenvalue weighted by molar-refractivity contribution is -0.274. The zero-order valence-corrected chi connectivity index (χ0v) is 9.86. The average Bonchev–Trinajstić information content (AvgIpc) is 2.63. The van der Waals surface area contributed by atoms with Gasteiger partial charge in [0.05, 0.1) is 5.69 Å². The van der Waals surface area contributed by atoms with Gasteiger partial charge in [0.15, 0.2) is 0 Å².